The van der Waals surface area contributed by atoms with Crippen LogP contribution in [0.15, 0.2) is 12.3 Å². The Hall–Kier alpha value is -1.55. The Morgan fingerprint density at radius 3 is 3.19 bits per heavy atom. The largest absolute Gasteiger partial charge is 0.481 e. The Bertz CT molecular complexity index is 532. The van der Waals surface area contributed by atoms with Crippen molar-refractivity contribution in [3.05, 3.63) is 23.5 Å². The van der Waals surface area contributed by atoms with Crippen LogP contribution in [0.4, 0.5) is 0 Å². The predicted octanol–water partition coefficient (Wildman–Crippen LogP) is 1.56. The molecule has 0 saturated carbocycles. The third-order valence-electron chi connectivity index (χ3n) is 3.23. The van der Waals surface area contributed by atoms with Crippen LogP contribution in [0.3, 0.4) is 0 Å². The highest BCUT2D eigenvalue weighted by molar-refractivity contribution is 5.85. The molecule has 0 fully saturated rings. The van der Waals surface area contributed by atoms with Gasteiger partial charge in [0.25, 0.3) is 0 Å². The third-order valence-corrected chi connectivity index (χ3v) is 3.23. The zero-order valence-corrected chi connectivity index (χ0v) is 9.58. The van der Waals surface area contributed by atoms with Crippen LogP contribution >= 0.6 is 0 Å². The van der Waals surface area contributed by atoms with Crippen LogP contribution in [0.2, 0.25) is 0 Å². The summed E-state index contributed by atoms with van der Waals surface area (Å²) in [5, 5.41) is 1.26. The van der Waals surface area contributed by atoms with Crippen LogP contribution in [0.1, 0.15) is 11.3 Å². The molecule has 3 heterocycles. The first-order valence-electron chi connectivity index (χ1n) is 5.50. The molecule has 4 nitrogen and oxygen atoms in total. The summed E-state index contributed by atoms with van der Waals surface area (Å²) >= 11 is 0. The first-order chi connectivity index (χ1) is 7.78. The number of methoxy groups -OCH3 is 1. The molecule has 1 aliphatic heterocycles. The average molecular weight is 217 g/mol. The molecule has 0 aliphatic carbocycles. The van der Waals surface area contributed by atoms with Crippen LogP contribution < -0.4 is 4.74 Å². The average Bonchev–Trinajstić information content (AvgIpc) is 2.65. The minimum absolute atomic E-state index is 0.688. The minimum Gasteiger partial charge on any atom is -0.481 e. The normalized spacial score (nSPS) is 16.4. The van der Waals surface area contributed by atoms with Gasteiger partial charge in [-0.15, -0.1) is 0 Å². The zero-order chi connectivity index (χ0) is 11.1. The fourth-order valence-corrected chi connectivity index (χ4v) is 2.37. The quantitative estimate of drug-likeness (QED) is 0.788. The number of hydrogen-bond acceptors (Lipinski definition) is 3. The molecule has 3 rings (SSSR count). The standard InChI is InChI=1S/C12H15N3O/c1-15-4-3-8-9-5-12(16-2)13-6-10(9)14-11(8)7-15/h5-6,14H,3-4,7H2,1-2H3. The molecule has 4 heteroatoms. The number of nitrogens with one attached hydrogen (secondary N) is 1. The summed E-state index contributed by atoms with van der Waals surface area (Å²) in [4.78, 5) is 9.98. The number of H-pyrrole nitrogens is 1. The summed E-state index contributed by atoms with van der Waals surface area (Å²) in [6, 6.07) is 2.02. The molecule has 2 aromatic rings. The van der Waals surface area contributed by atoms with Gasteiger partial charge in [-0.2, -0.15) is 0 Å². The highest BCUT2D eigenvalue weighted by Crippen LogP contribution is 2.28. The van der Waals surface area contributed by atoms with Crippen molar-refractivity contribution in [2.24, 2.45) is 0 Å². The Morgan fingerprint density at radius 2 is 2.38 bits per heavy atom. The van der Waals surface area contributed by atoms with Crippen LogP contribution in [0, 0.1) is 0 Å². The van der Waals surface area contributed by atoms with Gasteiger partial charge in [0.1, 0.15) is 0 Å². The molecule has 0 saturated heterocycles. The minimum atomic E-state index is 0.688. The van der Waals surface area contributed by atoms with E-state index in [1.807, 2.05) is 12.3 Å². The van der Waals surface area contributed by atoms with Gasteiger partial charge >= 0.3 is 0 Å². The van der Waals surface area contributed by atoms with Gasteiger partial charge in [0.05, 0.1) is 18.8 Å². The number of ether oxygens (including phenoxy) is 1. The van der Waals surface area contributed by atoms with Crippen LogP contribution in [0.5, 0.6) is 5.88 Å². The first-order valence-corrected chi connectivity index (χ1v) is 5.50. The van der Waals surface area contributed by atoms with Crippen LogP contribution in [0.25, 0.3) is 10.9 Å². The lowest BCUT2D eigenvalue weighted by Gasteiger charge is -2.22. The van der Waals surface area contributed by atoms with Crippen molar-refractivity contribution in [1.29, 1.82) is 0 Å². The summed E-state index contributed by atoms with van der Waals surface area (Å²) < 4.78 is 5.17. The van der Waals surface area contributed by atoms with E-state index in [2.05, 4.69) is 21.9 Å². The van der Waals surface area contributed by atoms with Crippen molar-refractivity contribution in [3.63, 3.8) is 0 Å². The Labute approximate surface area is 94.2 Å². The Morgan fingerprint density at radius 1 is 1.50 bits per heavy atom. The summed E-state index contributed by atoms with van der Waals surface area (Å²) in [6.07, 6.45) is 2.95. The van der Waals surface area contributed by atoms with Crippen molar-refractivity contribution in [2.45, 2.75) is 13.0 Å². The van der Waals surface area contributed by atoms with E-state index in [0.717, 1.165) is 25.0 Å². The number of nitrogens with zero attached hydrogens (tertiary/aromatic N) is 2. The second kappa shape index (κ2) is 3.49. The maximum atomic E-state index is 5.17. The van der Waals surface area contributed by atoms with Crippen LogP contribution in [-0.2, 0) is 13.0 Å². The third kappa shape index (κ3) is 1.38. The van der Waals surface area contributed by atoms with Crippen molar-refractivity contribution in [1.82, 2.24) is 14.9 Å². The molecule has 84 valence electrons. The van der Waals surface area contributed by atoms with E-state index in [1.165, 1.54) is 16.6 Å². The fourth-order valence-electron chi connectivity index (χ4n) is 2.37. The summed E-state index contributed by atoms with van der Waals surface area (Å²) in [5.41, 5.74) is 3.86. The highest BCUT2D eigenvalue weighted by Gasteiger charge is 2.18. The molecule has 1 aliphatic rings. The molecule has 2 aromatic heterocycles. The second-order valence-electron chi connectivity index (χ2n) is 4.34. The van der Waals surface area contributed by atoms with Crippen molar-refractivity contribution in [3.8, 4) is 5.88 Å². The molecule has 0 atom stereocenters. The van der Waals surface area contributed by atoms with E-state index >= 15 is 0 Å². The number of fused-ring (bicyclic) bond motifs is 3. The molecule has 0 unspecified atom stereocenters. The number of pyridine rings is 1. The van der Waals surface area contributed by atoms with Crippen LogP contribution in [-0.4, -0.2) is 35.6 Å². The maximum absolute atomic E-state index is 5.17. The van der Waals surface area contributed by atoms with E-state index in [1.54, 1.807) is 7.11 Å². The number of aromatic amines is 1. The topological polar surface area (TPSA) is 41.1 Å². The van der Waals surface area contributed by atoms with E-state index in [0.29, 0.717) is 5.88 Å². The lowest BCUT2D eigenvalue weighted by molar-refractivity contribution is 0.310. The SMILES string of the molecule is COc1cc2c3c([nH]c2cn1)CN(C)CC3. The highest BCUT2D eigenvalue weighted by atomic mass is 16.5. The number of aromatic nitrogens is 2. The molecule has 0 spiro atoms. The van der Waals surface area contributed by atoms with E-state index < -0.39 is 0 Å². The maximum Gasteiger partial charge on any atom is 0.213 e. The van der Waals surface area contributed by atoms with Gasteiger partial charge in [-0.3, -0.25) is 0 Å². The number of rotatable bonds is 1. The molecule has 0 amide bonds. The molecule has 0 aromatic carbocycles. The lowest BCUT2D eigenvalue weighted by atomic mass is 10.0. The van der Waals surface area contributed by atoms with E-state index in [-0.39, 0.29) is 0 Å². The van der Waals surface area contributed by atoms with Gasteiger partial charge in [-0.1, -0.05) is 0 Å². The summed E-state index contributed by atoms with van der Waals surface area (Å²) in [7, 11) is 3.80. The smallest absolute Gasteiger partial charge is 0.213 e. The molecular formula is C12H15N3O. The van der Waals surface area contributed by atoms with Gasteiger partial charge in [-0.25, -0.2) is 4.98 Å². The van der Waals surface area contributed by atoms with Crippen molar-refractivity contribution < 1.29 is 4.74 Å². The fraction of sp³-hybridized carbons (Fsp3) is 0.417. The van der Waals surface area contributed by atoms with E-state index in [9.17, 15) is 0 Å². The molecule has 0 radical (unpaired) electrons. The monoisotopic (exact) mass is 217 g/mol. The Balaban J connectivity index is 2.18. The molecule has 1 N–H and O–H groups in total. The van der Waals surface area contributed by atoms with Gasteiger partial charge in [0, 0.05) is 30.2 Å². The van der Waals surface area contributed by atoms with Crippen molar-refractivity contribution in [2.75, 3.05) is 20.7 Å². The Kier molecular flexibility index (Phi) is 2.11. The van der Waals surface area contributed by atoms with Gasteiger partial charge in [0.2, 0.25) is 5.88 Å². The first kappa shape index (κ1) is 9.66. The zero-order valence-electron chi connectivity index (χ0n) is 9.58. The van der Waals surface area contributed by atoms with Gasteiger partial charge in [-0.05, 0) is 19.0 Å². The predicted molar refractivity (Wildman–Crippen MR) is 62.7 cm³/mol. The number of hydrogen-bond donors (Lipinski definition) is 1. The van der Waals surface area contributed by atoms with E-state index in [4.69, 9.17) is 4.74 Å². The summed E-state index contributed by atoms with van der Waals surface area (Å²) in [5.74, 6) is 0.688. The second-order valence-corrected chi connectivity index (χ2v) is 4.34. The molecular weight excluding hydrogens is 202 g/mol. The van der Waals surface area contributed by atoms with Gasteiger partial charge in [0.15, 0.2) is 0 Å². The molecule has 16 heavy (non-hydrogen) atoms. The molecule has 0 bridgehead atoms. The lowest BCUT2D eigenvalue weighted by Crippen LogP contribution is -2.26. The van der Waals surface area contributed by atoms with Gasteiger partial charge < -0.3 is 14.6 Å². The summed E-state index contributed by atoms with van der Waals surface area (Å²) in [6.45, 7) is 2.11. The van der Waals surface area contributed by atoms with Crippen molar-refractivity contribution >= 4 is 10.9 Å². The number of likely N-dealkylation sites (N-methyl/N-ethyl adjacent to an activating group) is 1.